The molecule has 1 N–H and O–H groups in total. The number of hydrogen-bond acceptors (Lipinski definition) is 5. The maximum absolute atomic E-state index is 11.5. The normalized spacial score (nSPS) is 15.8. The minimum absolute atomic E-state index is 0.230. The van der Waals surface area contributed by atoms with Crippen LogP contribution in [-0.4, -0.2) is 53.0 Å². The maximum Gasteiger partial charge on any atom is 0.336 e. The molecule has 2 heterocycles. The molecule has 1 aromatic heterocycles. The molecule has 10 heteroatoms. The predicted molar refractivity (Wildman–Crippen MR) is 141 cm³/mol. The average molecular weight is 527 g/mol. The van der Waals surface area contributed by atoms with Crippen LogP contribution >= 0.6 is 11.6 Å². The highest BCUT2D eigenvalue weighted by Crippen LogP contribution is 2.29. The number of nitrogens with zero attached hydrogens (tertiary/aromatic N) is 4. The van der Waals surface area contributed by atoms with E-state index in [4.69, 9.17) is 21.3 Å². The fourth-order valence-electron chi connectivity index (χ4n) is 4.51. The Bertz CT molecular complexity index is 1450. The molecule has 1 fully saturated rings. The maximum atomic E-state index is 11.5. The van der Waals surface area contributed by atoms with Crippen LogP contribution in [0.15, 0.2) is 72.8 Å². The van der Waals surface area contributed by atoms with Crippen molar-refractivity contribution in [2.75, 3.05) is 31.1 Å². The van der Waals surface area contributed by atoms with Gasteiger partial charge in [0.05, 0.1) is 11.0 Å². The van der Waals surface area contributed by atoms with Crippen LogP contribution < -0.4 is 9.64 Å². The van der Waals surface area contributed by atoms with Crippen LogP contribution in [0.25, 0.3) is 11.0 Å². The third-order valence-corrected chi connectivity index (χ3v) is 7.63. The molecule has 1 atom stereocenters. The van der Waals surface area contributed by atoms with Gasteiger partial charge in [-0.2, -0.15) is 12.7 Å². The third-order valence-electron chi connectivity index (χ3n) is 6.37. The van der Waals surface area contributed by atoms with Crippen LogP contribution in [0.2, 0.25) is 5.02 Å². The molecule has 1 saturated heterocycles. The van der Waals surface area contributed by atoms with Crippen molar-refractivity contribution >= 4 is 38.6 Å². The Kier molecular flexibility index (Phi) is 6.90. The molecule has 188 valence electrons. The van der Waals surface area contributed by atoms with Gasteiger partial charge in [0, 0.05) is 43.4 Å². The van der Waals surface area contributed by atoms with Gasteiger partial charge in [0.25, 0.3) is 0 Å². The smallest absolute Gasteiger partial charge is 0.336 e. The Morgan fingerprint density at radius 3 is 2.36 bits per heavy atom. The summed E-state index contributed by atoms with van der Waals surface area (Å²) in [5.74, 6) is 1.57. The first-order valence-electron chi connectivity index (χ1n) is 11.7. The number of hydrogen-bond donors (Lipinski definition) is 1. The van der Waals surface area contributed by atoms with E-state index in [0.29, 0.717) is 24.7 Å². The Labute approximate surface area is 215 Å². The number of fused-ring (bicyclic) bond motifs is 1. The highest BCUT2D eigenvalue weighted by Gasteiger charge is 2.26. The summed E-state index contributed by atoms with van der Waals surface area (Å²) in [6, 6.07) is 23.5. The molecule has 1 aliphatic heterocycles. The van der Waals surface area contributed by atoms with Crippen molar-refractivity contribution in [3.63, 3.8) is 0 Å². The van der Waals surface area contributed by atoms with Crippen LogP contribution in [0.4, 0.5) is 5.69 Å². The molecule has 0 saturated carbocycles. The van der Waals surface area contributed by atoms with Gasteiger partial charge in [-0.25, -0.2) is 4.98 Å². The molecule has 3 aromatic carbocycles. The molecule has 0 bridgehead atoms. The second-order valence-corrected chi connectivity index (χ2v) is 10.6. The molecule has 1 aliphatic rings. The van der Waals surface area contributed by atoms with Crippen molar-refractivity contribution in [2.24, 2.45) is 0 Å². The van der Waals surface area contributed by atoms with Crippen LogP contribution in [0.3, 0.4) is 0 Å². The predicted octanol–water partition coefficient (Wildman–Crippen LogP) is 4.80. The van der Waals surface area contributed by atoms with Gasteiger partial charge in [-0.1, -0.05) is 41.9 Å². The van der Waals surface area contributed by atoms with Crippen LogP contribution in [-0.2, 0) is 16.8 Å². The van der Waals surface area contributed by atoms with E-state index in [0.717, 1.165) is 38.2 Å². The number of benzene rings is 3. The highest BCUT2D eigenvalue weighted by atomic mass is 35.5. The molecule has 4 aromatic rings. The Morgan fingerprint density at radius 2 is 1.69 bits per heavy atom. The molecule has 8 nitrogen and oxygen atoms in total. The summed E-state index contributed by atoms with van der Waals surface area (Å²) in [5.41, 5.74) is 3.86. The van der Waals surface area contributed by atoms with Crippen molar-refractivity contribution < 1.29 is 17.7 Å². The molecule has 36 heavy (non-hydrogen) atoms. The van der Waals surface area contributed by atoms with Gasteiger partial charge in [-0.05, 0) is 55.0 Å². The largest absolute Gasteiger partial charge is 0.483 e. The van der Waals surface area contributed by atoms with E-state index in [1.54, 1.807) is 0 Å². The van der Waals surface area contributed by atoms with E-state index in [-0.39, 0.29) is 19.2 Å². The summed E-state index contributed by atoms with van der Waals surface area (Å²) in [6.45, 7) is 4.00. The zero-order chi connectivity index (χ0) is 25.3. The molecule has 0 amide bonds. The molecule has 1 unspecified atom stereocenters. The van der Waals surface area contributed by atoms with E-state index in [2.05, 4.69) is 15.5 Å². The van der Waals surface area contributed by atoms with Crippen molar-refractivity contribution in [3.8, 4) is 5.75 Å². The van der Waals surface area contributed by atoms with E-state index < -0.39 is 10.3 Å². The fourth-order valence-corrected chi connectivity index (χ4v) is 5.26. The van der Waals surface area contributed by atoms with Gasteiger partial charge in [0.2, 0.25) is 0 Å². The van der Waals surface area contributed by atoms with Gasteiger partial charge in [-0.15, -0.1) is 0 Å². The topological polar surface area (TPSA) is 87.9 Å². The summed E-state index contributed by atoms with van der Waals surface area (Å²) in [4.78, 5) is 7.04. The SMILES string of the molecule is CC(Oc1ccccc1)c1nc2ccc(N3CCN(S(=O)(=O)O)CC3)cc2n1Cc1ccc(Cl)cc1. The lowest BCUT2D eigenvalue weighted by Gasteiger charge is -2.34. The summed E-state index contributed by atoms with van der Waals surface area (Å²) in [6.07, 6.45) is -0.297. The third kappa shape index (κ3) is 5.34. The molecule has 0 spiro atoms. The number of aromatic nitrogens is 2. The van der Waals surface area contributed by atoms with Crippen LogP contribution in [0, 0.1) is 0 Å². The Hall–Kier alpha value is -3.11. The number of anilines is 1. The molecular weight excluding hydrogens is 500 g/mol. The number of rotatable bonds is 7. The van der Waals surface area contributed by atoms with E-state index >= 15 is 0 Å². The first-order valence-corrected chi connectivity index (χ1v) is 13.5. The molecule has 0 radical (unpaired) electrons. The van der Waals surface area contributed by atoms with E-state index in [1.807, 2.05) is 73.7 Å². The lowest BCUT2D eigenvalue weighted by Crippen LogP contribution is -2.48. The van der Waals surface area contributed by atoms with Gasteiger partial charge in [0.1, 0.15) is 5.75 Å². The lowest BCUT2D eigenvalue weighted by molar-refractivity contribution is 0.212. The number of halogens is 1. The number of ether oxygens (including phenoxy) is 1. The minimum atomic E-state index is -4.17. The minimum Gasteiger partial charge on any atom is -0.483 e. The summed E-state index contributed by atoms with van der Waals surface area (Å²) in [5, 5.41) is 0.682. The molecule has 5 rings (SSSR count). The van der Waals surface area contributed by atoms with Crippen molar-refractivity contribution in [3.05, 3.63) is 89.2 Å². The highest BCUT2D eigenvalue weighted by molar-refractivity contribution is 7.83. The Balaban J connectivity index is 1.49. The number of para-hydroxylation sites is 1. The molecule has 0 aliphatic carbocycles. The fraction of sp³-hybridized carbons (Fsp3) is 0.269. The summed E-state index contributed by atoms with van der Waals surface area (Å²) >= 11 is 6.10. The summed E-state index contributed by atoms with van der Waals surface area (Å²) in [7, 11) is -4.17. The monoisotopic (exact) mass is 526 g/mol. The van der Waals surface area contributed by atoms with Gasteiger partial charge < -0.3 is 14.2 Å². The number of imidazole rings is 1. The van der Waals surface area contributed by atoms with Crippen LogP contribution in [0.1, 0.15) is 24.4 Å². The zero-order valence-electron chi connectivity index (χ0n) is 19.8. The standard InChI is InChI=1S/C26H27ClN4O4S/c1-19(35-23-5-3-2-4-6-23)26-28-24-12-11-22(29-13-15-30(16-14-29)36(32,33)34)17-25(24)31(26)18-20-7-9-21(27)10-8-20/h2-12,17,19H,13-16,18H2,1H3,(H,32,33,34). The zero-order valence-corrected chi connectivity index (χ0v) is 21.4. The molecular formula is C26H27ClN4O4S. The van der Waals surface area contributed by atoms with Crippen molar-refractivity contribution in [2.45, 2.75) is 19.6 Å². The first-order chi connectivity index (χ1) is 17.3. The second kappa shape index (κ2) is 10.1. The van der Waals surface area contributed by atoms with Crippen molar-refractivity contribution in [1.82, 2.24) is 13.9 Å². The van der Waals surface area contributed by atoms with Gasteiger partial charge in [-0.3, -0.25) is 4.55 Å². The lowest BCUT2D eigenvalue weighted by atomic mass is 10.2. The second-order valence-electron chi connectivity index (χ2n) is 8.79. The van der Waals surface area contributed by atoms with E-state index in [9.17, 15) is 13.0 Å². The van der Waals surface area contributed by atoms with Crippen LogP contribution in [0.5, 0.6) is 5.75 Å². The average Bonchev–Trinajstić information content (AvgIpc) is 3.23. The number of piperazine rings is 1. The quantitative estimate of drug-likeness (QED) is 0.348. The first kappa shape index (κ1) is 24.6. The van der Waals surface area contributed by atoms with E-state index in [1.165, 1.54) is 0 Å². The van der Waals surface area contributed by atoms with Gasteiger partial charge >= 0.3 is 10.3 Å². The summed E-state index contributed by atoms with van der Waals surface area (Å²) < 4.78 is 41.8. The van der Waals surface area contributed by atoms with Gasteiger partial charge in [0.15, 0.2) is 11.9 Å². The Morgan fingerprint density at radius 1 is 1.00 bits per heavy atom. The van der Waals surface area contributed by atoms with Crippen molar-refractivity contribution in [1.29, 1.82) is 0 Å².